The number of thioether (sulfide) groups is 1. The molecule has 0 bridgehead atoms. The Kier molecular flexibility index (Phi) is 4.87. The molecule has 1 aliphatic rings. The van der Waals surface area contributed by atoms with Gasteiger partial charge in [0.05, 0.1) is 10.2 Å². The van der Waals surface area contributed by atoms with Gasteiger partial charge in [-0.2, -0.15) is 0 Å². The summed E-state index contributed by atoms with van der Waals surface area (Å²) < 4.78 is 12.0. The van der Waals surface area contributed by atoms with Gasteiger partial charge < -0.3 is 5.11 Å². The van der Waals surface area contributed by atoms with Gasteiger partial charge in [-0.25, -0.2) is 0 Å². The lowest BCUT2D eigenvalue weighted by Crippen LogP contribution is -2.29. The summed E-state index contributed by atoms with van der Waals surface area (Å²) in [5.74, 6) is 1.74. The first kappa shape index (κ1) is 14.1. The van der Waals surface area contributed by atoms with Gasteiger partial charge in [-0.1, -0.05) is 37.3 Å². The molecular formula is C14H20O2S2. The molecule has 4 heteroatoms. The molecule has 2 nitrogen and oxygen atoms in total. The first-order chi connectivity index (χ1) is 8.68. The molecule has 0 saturated carbocycles. The Labute approximate surface area is 116 Å². The van der Waals surface area contributed by atoms with Crippen molar-refractivity contribution in [1.29, 1.82) is 0 Å². The van der Waals surface area contributed by atoms with E-state index in [0.717, 1.165) is 29.9 Å². The predicted octanol–water partition coefficient (Wildman–Crippen LogP) is 3.10. The fraction of sp³-hybridized carbons (Fsp3) is 0.571. The minimum atomic E-state index is -0.811. The van der Waals surface area contributed by atoms with E-state index in [4.69, 9.17) is 0 Å². The number of benzene rings is 1. The lowest BCUT2D eigenvalue weighted by atomic mass is 10.0. The minimum absolute atomic E-state index is 0.232. The first-order valence-corrected chi connectivity index (χ1v) is 8.74. The molecule has 1 heterocycles. The van der Waals surface area contributed by atoms with Crippen molar-refractivity contribution in [3.05, 3.63) is 35.9 Å². The van der Waals surface area contributed by atoms with E-state index >= 15 is 0 Å². The molecule has 0 aromatic heterocycles. The molecule has 100 valence electrons. The van der Waals surface area contributed by atoms with Crippen LogP contribution in [0.1, 0.15) is 37.9 Å². The van der Waals surface area contributed by atoms with Crippen molar-refractivity contribution in [2.75, 3.05) is 11.5 Å². The first-order valence-electron chi connectivity index (χ1n) is 6.43. The Hall–Kier alpha value is -0.320. The third-order valence-electron chi connectivity index (χ3n) is 3.40. The smallest absolute Gasteiger partial charge is 0.0936 e. The number of aliphatic hydroxyl groups excluding tert-OH is 1. The topological polar surface area (TPSA) is 37.3 Å². The predicted molar refractivity (Wildman–Crippen MR) is 79.1 cm³/mol. The van der Waals surface area contributed by atoms with Gasteiger partial charge in [0.15, 0.2) is 0 Å². The van der Waals surface area contributed by atoms with Crippen LogP contribution in [0.15, 0.2) is 30.3 Å². The van der Waals surface area contributed by atoms with Crippen molar-refractivity contribution in [2.45, 2.75) is 36.4 Å². The molecule has 0 radical (unpaired) electrons. The zero-order valence-corrected chi connectivity index (χ0v) is 12.3. The maximum atomic E-state index is 12.2. The highest BCUT2D eigenvalue weighted by atomic mass is 32.2. The largest absolute Gasteiger partial charge is 0.388 e. The number of rotatable bonds is 5. The normalized spacial score (nSPS) is 29.3. The fourth-order valence-electron chi connectivity index (χ4n) is 2.51. The van der Waals surface area contributed by atoms with Crippen molar-refractivity contribution in [3.63, 3.8) is 0 Å². The summed E-state index contributed by atoms with van der Waals surface area (Å²) in [5, 5.41) is 10.3. The van der Waals surface area contributed by atoms with E-state index < -0.39 is 16.9 Å². The molecule has 2 rings (SSSR count). The maximum absolute atomic E-state index is 12.2. The van der Waals surface area contributed by atoms with Gasteiger partial charge in [0.25, 0.3) is 0 Å². The van der Waals surface area contributed by atoms with Crippen LogP contribution >= 0.6 is 11.8 Å². The van der Waals surface area contributed by atoms with Crippen LogP contribution in [0.5, 0.6) is 0 Å². The second kappa shape index (κ2) is 6.22. The molecule has 1 saturated heterocycles. The standard InChI is InChI=1S/C14H20O2S2/c1-2-17-14(9-6-10-18(14)16)11-13(15)12-7-4-3-5-8-12/h3-5,7-8,13,15H,2,6,9-11H2,1H3/t13-,14+,18+/m0/s1. The summed E-state index contributed by atoms with van der Waals surface area (Å²) >= 11 is 1.76. The summed E-state index contributed by atoms with van der Waals surface area (Å²) in [6, 6.07) is 9.69. The van der Waals surface area contributed by atoms with Gasteiger partial charge in [0, 0.05) is 23.0 Å². The van der Waals surface area contributed by atoms with Crippen LogP contribution in [0, 0.1) is 0 Å². The van der Waals surface area contributed by atoms with Crippen molar-refractivity contribution in [1.82, 2.24) is 0 Å². The number of hydrogen-bond acceptors (Lipinski definition) is 3. The average Bonchev–Trinajstić information content (AvgIpc) is 2.72. The van der Waals surface area contributed by atoms with Crippen molar-refractivity contribution in [2.24, 2.45) is 0 Å². The van der Waals surface area contributed by atoms with Crippen molar-refractivity contribution >= 4 is 22.6 Å². The maximum Gasteiger partial charge on any atom is 0.0936 e. The van der Waals surface area contributed by atoms with Gasteiger partial charge >= 0.3 is 0 Å². The van der Waals surface area contributed by atoms with Crippen molar-refractivity contribution < 1.29 is 9.32 Å². The Morgan fingerprint density at radius 2 is 2.17 bits per heavy atom. The molecule has 1 fully saturated rings. The summed E-state index contributed by atoms with van der Waals surface area (Å²) in [6.45, 7) is 2.09. The Morgan fingerprint density at radius 1 is 1.44 bits per heavy atom. The SMILES string of the molecule is CCS[C@]1(C[C@H](O)c2ccccc2)CCC[S@]1=O. The average molecular weight is 284 g/mol. The van der Waals surface area contributed by atoms with E-state index in [-0.39, 0.29) is 4.08 Å². The zero-order valence-electron chi connectivity index (χ0n) is 10.7. The van der Waals surface area contributed by atoms with Gasteiger partial charge in [-0.05, 0) is 24.2 Å². The van der Waals surface area contributed by atoms with Crippen LogP contribution in [-0.4, -0.2) is 24.9 Å². The van der Waals surface area contributed by atoms with Gasteiger partial charge in [0.2, 0.25) is 0 Å². The van der Waals surface area contributed by atoms with E-state index in [1.54, 1.807) is 11.8 Å². The van der Waals surface area contributed by atoms with Crippen LogP contribution in [0.4, 0.5) is 0 Å². The van der Waals surface area contributed by atoms with Gasteiger partial charge in [-0.15, -0.1) is 11.8 Å². The monoisotopic (exact) mass is 284 g/mol. The van der Waals surface area contributed by atoms with Gasteiger partial charge in [0.1, 0.15) is 0 Å². The molecule has 3 atom stereocenters. The third-order valence-corrected chi connectivity index (χ3v) is 7.36. The van der Waals surface area contributed by atoms with Crippen LogP contribution in [0.3, 0.4) is 0 Å². The van der Waals surface area contributed by atoms with Crippen LogP contribution < -0.4 is 0 Å². The van der Waals surface area contributed by atoms with Gasteiger partial charge in [-0.3, -0.25) is 4.21 Å². The molecule has 1 N–H and O–H groups in total. The highest BCUT2D eigenvalue weighted by Gasteiger charge is 2.42. The van der Waals surface area contributed by atoms with E-state index in [9.17, 15) is 9.32 Å². The molecule has 0 unspecified atom stereocenters. The molecular weight excluding hydrogens is 264 g/mol. The molecule has 0 aliphatic carbocycles. The van der Waals surface area contributed by atoms with E-state index in [2.05, 4.69) is 6.92 Å². The highest BCUT2D eigenvalue weighted by Crippen LogP contribution is 2.45. The second-order valence-electron chi connectivity index (χ2n) is 4.63. The highest BCUT2D eigenvalue weighted by molar-refractivity contribution is 8.12. The molecule has 1 aromatic carbocycles. The zero-order chi connectivity index (χ0) is 13.0. The van der Waals surface area contributed by atoms with E-state index in [1.165, 1.54) is 0 Å². The molecule has 18 heavy (non-hydrogen) atoms. The number of aliphatic hydroxyl groups is 1. The van der Waals surface area contributed by atoms with E-state index in [0.29, 0.717) is 6.42 Å². The second-order valence-corrected chi connectivity index (χ2v) is 8.41. The van der Waals surface area contributed by atoms with Crippen LogP contribution in [-0.2, 0) is 10.8 Å². The molecule has 0 spiro atoms. The van der Waals surface area contributed by atoms with E-state index in [1.807, 2.05) is 30.3 Å². The Bertz CT molecular complexity index is 408. The summed E-state index contributed by atoms with van der Waals surface area (Å²) in [7, 11) is -0.811. The number of hydrogen-bond donors (Lipinski definition) is 1. The quantitative estimate of drug-likeness (QED) is 0.903. The van der Waals surface area contributed by atoms with Crippen LogP contribution in [0.25, 0.3) is 0 Å². The Morgan fingerprint density at radius 3 is 2.72 bits per heavy atom. The molecule has 1 aromatic rings. The fourth-order valence-corrected chi connectivity index (χ4v) is 6.23. The van der Waals surface area contributed by atoms with Crippen molar-refractivity contribution in [3.8, 4) is 0 Å². The lowest BCUT2D eigenvalue weighted by Gasteiger charge is -2.29. The molecule has 1 aliphatic heterocycles. The molecule has 0 amide bonds. The summed E-state index contributed by atoms with van der Waals surface area (Å²) in [5.41, 5.74) is 0.928. The minimum Gasteiger partial charge on any atom is -0.388 e. The lowest BCUT2D eigenvalue weighted by molar-refractivity contribution is 0.162. The van der Waals surface area contributed by atoms with Crippen LogP contribution in [0.2, 0.25) is 0 Å². The Balaban J connectivity index is 2.12. The summed E-state index contributed by atoms with van der Waals surface area (Å²) in [6.07, 6.45) is 2.07. The summed E-state index contributed by atoms with van der Waals surface area (Å²) in [4.78, 5) is 0. The third kappa shape index (κ3) is 2.98.